The smallest absolute Gasteiger partial charge is 0.265 e. The normalized spacial score (nSPS) is 15.7. The summed E-state index contributed by atoms with van der Waals surface area (Å²) in [6.45, 7) is 1.47. The van der Waals surface area contributed by atoms with Gasteiger partial charge in [-0.15, -0.1) is 0 Å². The molecule has 1 aromatic carbocycles. The number of hydrazine groups is 1. The summed E-state index contributed by atoms with van der Waals surface area (Å²) in [5, 5.41) is 0.456. The van der Waals surface area contributed by atoms with E-state index in [0.29, 0.717) is 16.5 Å². The molecule has 1 aromatic rings. The number of carbonyl (C=O) groups excluding carboxylic acids is 2. The Kier molecular flexibility index (Phi) is 3.40. The van der Waals surface area contributed by atoms with Crippen LogP contribution in [0, 0.1) is 0 Å². The number of nitrogens with one attached hydrogen (secondary N) is 1. The highest BCUT2D eigenvalue weighted by Gasteiger charge is 2.32. The molecule has 18 heavy (non-hydrogen) atoms. The molecule has 1 aliphatic heterocycles. The van der Waals surface area contributed by atoms with Crippen LogP contribution in [0.3, 0.4) is 0 Å². The molecule has 1 heterocycles. The molecule has 1 unspecified atom stereocenters. The number of carbonyl (C=O) groups is 2. The minimum absolute atomic E-state index is 0.114. The number of nitrogens with two attached hydrogens (primary N) is 1. The Labute approximate surface area is 109 Å². The molecule has 0 aromatic heterocycles. The largest absolute Gasteiger partial charge is 0.482 e. The molecular formula is C11H12ClN3O3. The summed E-state index contributed by atoms with van der Waals surface area (Å²) in [5.74, 6) is 4.81. The van der Waals surface area contributed by atoms with Crippen molar-refractivity contribution in [1.82, 2.24) is 5.43 Å². The molecule has 3 N–H and O–H groups in total. The maximum absolute atomic E-state index is 11.9. The van der Waals surface area contributed by atoms with E-state index in [2.05, 4.69) is 0 Å². The molecule has 0 saturated carbocycles. The number of nitrogens with zero attached hydrogens (tertiary/aromatic N) is 1. The third kappa shape index (κ3) is 2.12. The molecule has 2 amide bonds. The van der Waals surface area contributed by atoms with E-state index in [-0.39, 0.29) is 12.5 Å². The molecule has 6 nitrogen and oxygen atoms in total. The number of amides is 2. The fraction of sp³-hybridized carbons (Fsp3) is 0.273. The Morgan fingerprint density at radius 1 is 1.61 bits per heavy atom. The topological polar surface area (TPSA) is 84.7 Å². The van der Waals surface area contributed by atoms with Gasteiger partial charge in [0.1, 0.15) is 11.8 Å². The Hall–Kier alpha value is -1.79. The van der Waals surface area contributed by atoms with Crippen LogP contribution < -0.4 is 20.9 Å². The van der Waals surface area contributed by atoms with Crippen molar-refractivity contribution in [3.8, 4) is 5.75 Å². The van der Waals surface area contributed by atoms with Crippen LogP contribution in [-0.4, -0.2) is 24.5 Å². The Bertz CT molecular complexity index is 506. The van der Waals surface area contributed by atoms with Gasteiger partial charge in [-0.2, -0.15) is 0 Å². The van der Waals surface area contributed by atoms with E-state index in [9.17, 15) is 9.59 Å². The second-order valence-corrected chi connectivity index (χ2v) is 4.29. The Morgan fingerprint density at radius 3 is 3.00 bits per heavy atom. The molecule has 2 rings (SSSR count). The third-order valence-electron chi connectivity index (χ3n) is 2.71. The quantitative estimate of drug-likeness (QED) is 0.464. The van der Waals surface area contributed by atoms with Crippen LogP contribution in [-0.2, 0) is 9.59 Å². The van der Waals surface area contributed by atoms with Gasteiger partial charge >= 0.3 is 0 Å². The Balaban J connectivity index is 2.44. The molecule has 7 heteroatoms. The number of halogens is 1. The lowest BCUT2D eigenvalue weighted by Crippen LogP contribution is -2.52. The van der Waals surface area contributed by atoms with E-state index < -0.39 is 11.9 Å². The zero-order valence-electron chi connectivity index (χ0n) is 9.64. The standard InChI is InChI=1S/C11H12ClN3O3/c1-6(11(17)14-13)15-8-4-7(12)2-3-9(8)18-5-10(15)16/h2-4,6H,5,13H2,1H3,(H,14,17). The first-order chi connectivity index (χ1) is 8.54. The zero-order chi connectivity index (χ0) is 13.3. The van der Waals surface area contributed by atoms with Crippen molar-refractivity contribution in [1.29, 1.82) is 0 Å². The average Bonchev–Trinajstić information content (AvgIpc) is 2.36. The molecular weight excluding hydrogens is 258 g/mol. The lowest BCUT2D eigenvalue weighted by molar-refractivity contribution is -0.127. The maximum atomic E-state index is 11.9. The van der Waals surface area contributed by atoms with Crippen molar-refractivity contribution in [3.63, 3.8) is 0 Å². The number of benzene rings is 1. The van der Waals surface area contributed by atoms with Gasteiger partial charge in [-0.25, -0.2) is 5.84 Å². The monoisotopic (exact) mass is 269 g/mol. The van der Waals surface area contributed by atoms with E-state index in [1.54, 1.807) is 25.1 Å². The van der Waals surface area contributed by atoms with Crippen LogP contribution in [0.15, 0.2) is 18.2 Å². The number of ether oxygens (including phenoxy) is 1. The highest BCUT2D eigenvalue weighted by molar-refractivity contribution is 6.31. The van der Waals surface area contributed by atoms with Crippen molar-refractivity contribution in [2.45, 2.75) is 13.0 Å². The molecule has 0 fully saturated rings. The van der Waals surface area contributed by atoms with Crippen molar-refractivity contribution < 1.29 is 14.3 Å². The molecule has 0 aliphatic carbocycles. The summed E-state index contributed by atoms with van der Waals surface area (Å²) >= 11 is 5.89. The van der Waals surface area contributed by atoms with E-state index in [4.69, 9.17) is 22.2 Å². The fourth-order valence-corrected chi connectivity index (χ4v) is 1.97. The SMILES string of the molecule is CC(C(=O)NN)N1C(=O)COc2ccc(Cl)cc21. The summed E-state index contributed by atoms with van der Waals surface area (Å²) in [4.78, 5) is 24.7. The highest BCUT2D eigenvalue weighted by Crippen LogP contribution is 2.35. The summed E-state index contributed by atoms with van der Waals surface area (Å²) in [6.07, 6.45) is 0. The summed E-state index contributed by atoms with van der Waals surface area (Å²) < 4.78 is 5.27. The fourth-order valence-electron chi connectivity index (χ4n) is 1.81. The van der Waals surface area contributed by atoms with E-state index in [1.165, 1.54) is 4.90 Å². The van der Waals surface area contributed by atoms with Crippen LogP contribution in [0.1, 0.15) is 6.92 Å². The van der Waals surface area contributed by atoms with Crippen molar-refractivity contribution in [2.75, 3.05) is 11.5 Å². The van der Waals surface area contributed by atoms with Crippen LogP contribution in [0.2, 0.25) is 5.02 Å². The first-order valence-corrected chi connectivity index (χ1v) is 5.67. The van der Waals surface area contributed by atoms with Crippen LogP contribution in [0.4, 0.5) is 5.69 Å². The second-order valence-electron chi connectivity index (χ2n) is 3.85. The number of hydrogen-bond donors (Lipinski definition) is 2. The van der Waals surface area contributed by atoms with Crippen LogP contribution in [0.5, 0.6) is 5.75 Å². The minimum atomic E-state index is -0.733. The second kappa shape index (κ2) is 4.83. The number of anilines is 1. The molecule has 0 spiro atoms. The van der Waals surface area contributed by atoms with Crippen LogP contribution in [0.25, 0.3) is 0 Å². The maximum Gasteiger partial charge on any atom is 0.265 e. The number of rotatable bonds is 2. The molecule has 0 radical (unpaired) electrons. The van der Waals surface area contributed by atoms with Gasteiger partial charge < -0.3 is 4.74 Å². The number of fused-ring (bicyclic) bond motifs is 1. The van der Waals surface area contributed by atoms with Crippen LogP contribution >= 0.6 is 11.6 Å². The van der Waals surface area contributed by atoms with Gasteiger partial charge in [0.25, 0.3) is 11.8 Å². The molecule has 1 atom stereocenters. The predicted molar refractivity (Wildman–Crippen MR) is 66.2 cm³/mol. The van der Waals surface area contributed by atoms with Gasteiger partial charge in [-0.05, 0) is 25.1 Å². The van der Waals surface area contributed by atoms with Gasteiger partial charge in [-0.1, -0.05) is 11.6 Å². The molecule has 1 aliphatic rings. The summed E-state index contributed by atoms with van der Waals surface area (Å²) in [5.41, 5.74) is 2.49. The third-order valence-corrected chi connectivity index (χ3v) is 2.94. The van der Waals surface area contributed by atoms with Crippen molar-refractivity contribution in [2.24, 2.45) is 5.84 Å². The molecule has 0 saturated heterocycles. The first kappa shape index (κ1) is 12.7. The highest BCUT2D eigenvalue weighted by atomic mass is 35.5. The molecule has 0 bridgehead atoms. The van der Waals surface area contributed by atoms with E-state index >= 15 is 0 Å². The summed E-state index contributed by atoms with van der Waals surface area (Å²) in [6, 6.07) is 4.16. The van der Waals surface area contributed by atoms with E-state index in [1.807, 2.05) is 5.43 Å². The minimum Gasteiger partial charge on any atom is -0.482 e. The first-order valence-electron chi connectivity index (χ1n) is 5.29. The van der Waals surface area contributed by atoms with Gasteiger partial charge in [0.15, 0.2) is 6.61 Å². The van der Waals surface area contributed by atoms with Crippen molar-refractivity contribution >= 4 is 29.1 Å². The molecule has 96 valence electrons. The zero-order valence-corrected chi connectivity index (χ0v) is 10.4. The van der Waals surface area contributed by atoms with Gasteiger partial charge in [-0.3, -0.25) is 19.9 Å². The lowest BCUT2D eigenvalue weighted by atomic mass is 10.1. The van der Waals surface area contributed by atoms with Gasteiger partial charge in [0.05, 0.1) is 5.69 Å². The lowest BCUT2D eigenvalue weighted by Gasteiger charge is -2.33. The van der Waals surface area contributed by atoms with Gasteiger partial charge in [0, 0.05) is 5.02 Å². The summed E-state index contributed by atoms with van der Waals surface area (Å²) in [7, 11) is 0. The van der Waals surface area contributed by atoms with Gasteiger partial charge in [0.2, 0.25) is 0 Å². The average molecular weight is 270 g/mol. The van der Waals surface area contributed by atoms with E-state index in [0.717, 1.165) is 0 Å². The predicted octanol–water partition coefficient (Wildman–Crippen LogP) is 0.444. The van der Waals surface area contributed by atoms with Crippen molar-refractivity contribution in [3.05, 3.63) is 23.2 Å². The number of hydrogen-bond acceptors (Lipinski definition) is 4. The Morgan fingerprint density at radius 2 is 2.33 bits per heavy atom.